The number of urea groups is 1. The van der Waals surface area contributed by atoms with Crippen molar-refractivity contribution in [3.63, 3.8) is 0 Å². The van der Waals surface area contributed by atoms with Crippen LogP contribution in [0.5, 0.6) is 0 Å². The van der Waals surface area contributed by atoms with Gasteiger partial charge in [-0.15, -0.1) is 0 Å². The van der Waals surface area contributed by atoms with Gasteiger partial charge < -0.3 is 15.1 Å². The number of fused-ring (bicyclic) bond motifs is 1. The first-order valence-corrected chi connectivity index (χ1v) is 7.24. The highest BCUT2D eigenvalue weighted by Crippen LogP contribution is 2.21. The van der Waals surface area contributed by atoms with Gasteiger partial charge >= 0.3 is 6.03 Å². The topological polar surface area (TPSA) is 35.6 Å². The molecule has 0 saturated carbocycles. The van der Waals surface area contributed by atoms with Crippen LogP contribution < -0.4 is 5.32 Å². The second kappa shape index (κ2) is 5.60. The lowest BCUT2D eigenvalue weighted by molar-refractivity contribution is 0.154. The van der Waals surface area contributed by atoms with E-state index in [0.717, 1.165) is 31.6 Å². The largest absolute Gasteiger partial charge is 0.332 e. The predicted molar refractivity (Wildman–Crippen MR) is 75.0 cm³/mol. The minimum atomic E-state index is -0.809. The zero-order valence-electron chi connectivity index (χ0n) is 12.0. The molecule has 2 heterocycles. The zero-order valence-corrected chi connectivity index (χ0v) is 12.0. The van der Waals surface area contributed by atoms with Crippen LogP contribution >= 0.6 is 0 Å². The number of halogens is 2. The molecule has 2 fully saturated rings. The van der Waals surface area contributed by atoms with Gasteiger partial charge in [-0.2, -0.15) is 0 Å². The third kappa shape index (κ3) is 2.85. The fourth-order valence-electron chi connectivity index (χ4n) is 3.21. The summed E-state index contributed by atoms with van der Waals surface area (Å²) < 4.78 is 26.0. The Morgan fingerprint density at radius 2 is 2.14 bits per heavy atom. The molecule has 0 aliphatic carbocycles. The Bertz CT molecular complexity index is 552. The van der Waals surface area contributed by atoms with Crippen LogP contribution in [0.15, 0.2) is 18.2 Å². The molecule has 3 rings (SSSR count). The van der Waals surface area contributed by atoms with Crippen molar-refractivity contribution in [3.8, 4) is 0 Å². The number of benzene rings is 1. The summed E-state index contributed by atoms with van der Waals surface area (Å²) in [5.74, 6) is -1.60. The van der Waals surface area contributed by atoms with Gasteiger partial charge in [-0.25, -0.2) is 13.6 Å². The molecule has 0 radical (unpaired) electrons. The minimum Gasteiger partial charge on any atom is -0.332 e. The Morgan fingerprint density at radius 1 is 1.33 bits per heavy atom. The summed E-state index contributed by atoms with van der Waals surface area (Å²) in [5.41, 5.74) is 0.795. The third-order valence-electron chi connectivity index (χ3n) is 4.49. The van der Waals surface area contributed by atoms with Gasteiger partial charge in [0.05, 0.1) is 12.1 Å². The lowest BCUT2D eigenvalue weighted by Gasteiger charge is -2.35. The average Bonchev–Trinajstić information content (AvgIpc) is 2.75. The van der Waals surface area contributed by atoms with Crippen molar-refractivity contribution < 1.29 is 13.6 Å². The Morgan fingerprint density at radius 3 is 2.90 bits per heavy atom. The Hall–Kier alpha value is -1.69. The van der Waals surface area contributed by atoms with E-state index in [9.17, 15) is 13.6 Å². The van der Waals surface area contributed by atoms with Gasteiger partial charge in [-0.05, 0) is 30.5 Å². The van der Waals surface area contributed by atoms with Gasteiger partial charge in [-0.3, -0.25) is 0 Å². The van der Waals surface area contributed by atoms with E-state index in [1.807, 2.05) is 7.05 Å². The van der Waals surface area contributed by atoms with E-state index in [4.69, 9.17) is 0 Å². The van der Waals surface area contributed by atoms with Crippen LogP contribution in [0.2, 0.25) is 0 Å². The number of carbonyl (C=O) groups excluding carboxylic acids is 1. The molecule has 4 nitrogen and oxygen atoms in total. The molecule has 6 heteroatoms. The molecule has 2 saturated heterocycles. The van der Waals surface area contributed by atoms with Crippen LogP contribution in [-0.4, -0.2) is 54.6 Å². The first-order chi connectivity index (χ1) is 10.0. The summed E-state index contributed by atoms with van der Waals surface area (Å²) in [7, 11) is 1.83. The Labute approximate surface area is 122 Å². The molecule has 0 spiro atoms. The molecule has 1 N–H and O–H groups in total. The average molecular weight is 295 g/mol. The molecular formula is C15H19F2N3O. The normalized spacial score (nSPS) is 25.9. The highest BCUT2D eigenvalue weighted by atomic mass is 19.2. The number of nitrogens with zero attached hydrogens (tertiary/aromatic N) is 2. The maximum absolute atomic E-state index is 13.2. The smallest absolute Gasteiger partial charge is 0.317 e. The fourth-order valence-corrected chi connectivity index (χ4v) is 3.21. The quantitative estimate of drug-likeness (QED) is 0.919. The number of amides is 2. The first-order valence-electron chi connectivity index (χ1n) is 7.24. The summed E-state index contributed by atoms with van der Waals surface area (Å²) in [5, 5.41) is 2.99. The van der Waals surface area contributed by atoms with Gasteiger partial charge in [0.2, 0.25) is 0 Å². The zero-order chi connectivity index (χ0) is 15.0. The predicted octanol–water partition coefficient (Wildman–Crippen LogP) is 1.61. The molecule has 21 heavy (non-hydrogen) atoms. The fraction of sp³-hybridized carbons (Fsp3) is 0.533. The summed E-state index contributed by atoms with van der Waals surface area (Å²) in [6.45, 7) is 2.52. The molecule has 1 aromatic carbocycles. The van der Waals surface area contributed by atoms with Gasteiger partial charge in [0, 0.05) is 26.7 Å². The van der Waals surface area contributed by atoms with E-state index in [-0.39, 0.29) is 18.1 Å². The summed E-state index contributed by atoms with van der Waals surface area (Å²) in [6, 6.07) is 4.48. The number of piperidine rings is 1. The van der Waals surface area contributed by atoms with E-state index in [1.165, 1.54) is 12.1 Å². The van der Waals surface area contributed by atoms with E-state index in [2.05, 4.69) is 10.2 Å². The van der Waals surface area contributed by atoms with Crippen LogP contribution in [0.1, 0.15) is 12.0 Å². The molecule has 2 aliphatic rings. The van der Waals surface area contributed by atoms with Gasteiger partial charge in [0.25, 0.3) is 0 Å². The van der Waals surface area contributed by atoms with Crippen molar-refractivity contribution in [3.05, 3.63) is 35.4 Å². The summed E-state index contributed by atoms with van der Waals surface area (Å²) in [6.07, 6.45) is 1.62. The first kappa shape index (κ1) is 14.3. The second-order valence-electron chi connectivity index (χ2n) is 5.82. The monoisotopic (exact) mass is 295 g/mol. The molecule has 1 aromatic rings. The van der Waals surface area contributed by atoms with E-state index in [1.54, 1.807) is 11.0 Å². The van der Waals surface area contributed by atoms with Crippen molar-refractivity contribution in [2.24, 2.45) is 0 Å². The summed E-state index contributed by atoms with van der Waals surface area (Å²) >= 11 is 0. The van der Waals surface area contributed by atoms with Crippen LogP contribution in [0.25, 0.3) is 0 Å². The van der Waals surface area contributed by atoms with E-state index in [0.29, 0.717) is 6.42 Å². The van der Waals surface area contributed by atoms with E-state index >= 15 is 0 Å². The van der Waals surface area contributed by atoms with Crippen molar-refractivity contribution in [1.29, 1.82) is 0 Å². The highest BCUT2D eigenvalue weighted by Gasteiger charge is 2.40. The van der Waals surface area contributed by atoms with Gasteiger partial charge in [0.1, 0.15) is 0 Å². The number of rotatable bonds is 3. The number of hydrogen-bond donors (Lipinski definition) is 1. The SMILES string of the molecule is CN1C(=O)N[C@@H]2CN(CCc3ccc(F)c(F)c3)CC[C@@H]21. The molecule has 0 aromatic heterocycles. The van der Waals surface area contributed by atoms with Crippen molar-refractivity contribution in [1.82, 2.24) is 15.1 Å². The maximum Gasteiger partial charge on any atom is 0.317 e. The minimum absolute atomic E-state index is 0.00699. The van der Waals surface area contributed by atoms with Crippen LogP contribution in [0.3, 0.4) is 0 Å². The molecule has 2 amide bonds. The van der Waals surface area contributed by atoms with Crippen LogP contribution in [0, 0.1) is 11.6 Å². The molecule has 0 unspecified atom stereocenters. The third-order valence-corrected chi connectivity index (χ3v) is 4.49. The number of likely N-dealkylation sites (N-methyl/N-ethyl adjacent to an activating group) is 1. The highest BCUT2D eigenvalue weighted by molar-refractivity contribution is 5.77. The number of likely N-dealkylation sites (tertiary alicyclic amines) is 1. The number of nitrogens with one attached hydrogen (secondary N) is 1. The maximum atomic E-state index is 13.2. The number of hydrogen-bond acceptors (Lipinski definition) is 2. The van der Waals surface area contributed by atoms with Crippen molar-refractivity contribution >= 4 is 6.03 Å². The van der Waals surface area contributed by atoms with Crippen LogP contribution in [-0.2, 0) is 6.42 Å². The molecule has 0 bridgehead atoms. The molecule has 114 valence electrons. The second-order valence-corrected chi connectivity index (χ2v) is 5.82. The standard InChI is InChI=1S/C15H19F2N3O/c1-19-14-5-7-20(9-13(14)18-15(19)21)6-4-10-2-3-11(16)12(17)8-10/h2-3,8,13-14H,4-7,9H2,1H3,(H,18,21)/t13-,14+/m1/s1. The van der Waals surface area contributed by atoms with Gasteiger partial charge in [0.15, 0.2) is 11.6 Å². The lowest BCUT2D eigenvalue weighted by Crippen LogP contribution is -2.51. The molecular weight excluding hydrogens is 276 g/mol. The van der Waals surface area contributed by atoms with Gasteiger partial charge in [-0.1, -0.05) is 6.07 Å². The summed E-state index contributed by atoms with van der Waals surface area (Å²) in [4.78, 5) is 15.7. The number of carbonyl (C=O) groups is 1. The van der Waals surface area contributed by atoms with E-state index < -0.39 is 11.6 Å². The Kier molecular flexibility index (Phi) is 3.80. The van der Waals surface area contributed by atoms with Crippen molar-refractivity contribution in [2.75, 3.05) is 26.7 Å². The molecule has 2 atom stereocenters. The van der Waals surface area contributed by atoms with Crippen molar-refractivity contribution in [2.45, 2.75) is 24.9 Å². The van der Waals surface area contributed by atoms with Crippen LogP contribution in [0.4, 0.5) is 13.6 Å². The lowest BCUT2D eigenvalue weighted by atomic mass is 10.00. The Balaban J connectivity index is 1.55. The molecule has 2 aliphatic heterocycles.